The number of nitro groups is 1. The Balaban J connectivity index is 2.68. The molecule has 21 heavy (non-hydrogen) atoms. The third-order valence-electron chi connectivity index (χ3n) is 2.91. The number of halogens is 1. The zero-order valence-electron chi connectivity index (χ0n) is 10.9. The van der Waals surface area contributed by atoms with Gasteiger partial charge < -0.3 is 9.84 Å². The Morgan fingerprint density at radius 3 is 2.57 bits per heavy atom. The van der Waals surface area contributed by atoms with Crippen molar-refractivity contribution in [3.05, 3.63) is 57.9 Å². The minimum atomic E-state index is -1.23. The number of aromatic carboxylic acids is 1. The standard InChI is InChI=1S/C14H10FNO5/c1-21-13-6-8(2-5-12(13)15)11-7-9(16(19)20)3-4-10(11)14(17)18/h2-7H,1H3,(H,17,18). The first-order chi connectivity index (χ1) is 9.93. The van der Waals surface area contributed by atoms with Crippen molar-refractivity contribution in [2.24, 2.45) is 0 Å². The van der Waals surface area contributed by atoms with E-state index in [9.17, 15) is 19.3 Å². The van der Waals surface area contributed by atoms with Crippen LogP contribution in [-0.4, -0.2) is 23.1 Å². The summed E-state index contributed by atoms with van der Waals surface area (Å²) in [6.45, 7) is 0. The fourth-order valence-corrected chi connectivity index (χ4v) is 1.90. The van der Waals surface area contributed by atoms with Gasteiger partial charge in [-0.15, -0.1) is 0 Å². The second kappa shape index (κ2) is 5.58. The Kier molecular flexibility index (Phi) is 3.84. The summed E-state index contributed by atoms with van der Waals surface area (Å²) in [5, 5.41) is 20.0. The summed E-state index contributed by atoms with van der Waals surface area (Å²) >= 11 is 0. The van der Waals surface area contributed by atoms with Gasteiger partial charge in [-0.3, -0.25) is 10.1 Å². The van der Waals surface area contributed by atoms with Gasteiger partial charge in [0.05, 0.1) is 17.6 Å². The van der Waals surface area contributed by atoms with Gasteiger partial charge in [0.25, 0.3) is 5.69 Å². The van der Waals surface area contributed by atoms with Crippen molar-refractivity contribution in [1.82, 2.24) is 0 Å². The van der Waals surface area contributed by atoms with Gasteiger partial charge in [0, 0.05) is 17.7 Å². The lowest BCUT2D eigenvalue weighted by Crippen LogP contribution is -2.01. The van der Waals surface area contributed by atoms with Crippen molar-refractivity contribution in [2.75, 3.05) is 7.11 Å². The summed E-state index contributed by atoms with van der Waals surface area (Å²) in [7, 11) is 1.27. The number of benzene rings is 2. The molecule has 0 spiro atoms. The maximum atomic E-state index is 13.4. The highest BCUT2D eigenvalue weighted by molar-refractivity contribution is 5.96. The van der Waals surface area contributed by atoms with Crippen molar-refractivity contribution in [1.29, 1.82) is 0 Å². The van der Waals surface area contributed by atoms with E-state index in [1.54, 1.807) is 0 Å². The van der Waals surface area contributed by atoms with Gasteiger partial charge in [-0.25, -0.2) is 9.18 Å². The molecule has 0 saturated heterocycles. The van der Waals surface area contributed by atoms with Crippen LogP contribution in [0.1, 0.15) is 10.4 Å². The Labute approximate surface area is 118 Å². The monoisotopic (exact) mass is 291 g/mol. The molecule has 2 aromatic carbocycles. The molecule has 0 heterocycles. The third-order valence-corrected chi connectivity index (χ3v) is 2.91. The molecule has 6 nitrogen and oxygen atoms in total. The second-order valence-corrected chi connectivity index (χ2v) is 4.14. The Hall–Kier alpha value is -2.96. The van der Waals surface area contributed by atoms with Crippen LogP contribution in [0, 0.1) is 15.9 Å². The topological polar surface area (TPSA) is 89.7 Å². The number of carboxylic acid groups (broad SMARTS) is 1. The molecule has 2 rings (SSSR count). The average Bonchev–Trinajstić information content (AvgIpc) is 2.47. The average molecular weight is 291 g/mol. The Bertz CT molecular complexity index is 729. The van der Waals surface area contributed by atoms with Crippen LogP contribution in [0.5, 0.6) is 5.75 Å². The van der Waals surface area contributed by atoms with Crippen LogP contribution in [0.4, 0.5) is 10.1 Å². The van der Waals surface area contributed by atoms with Crippen molar-refractivity contribution >= 4 is 11.7 Å². The van der Waals surface area contributed by atoms with Gasteiger partial charge in [-0.2, -0.15) is 0 Å². The minimum absolute atomic E-state index is 0.0738. The van der Waals surface area contributed by atoms with E-state index in [4.69, 9.17) is 9.84 Å². The van der Waals surface area contributed by atoms with E-state index < -0.39 is 16.7 Å². The van der Waals surface area contributed by atoms with E-state index in [0.29, 0.717) is 5.56 Å². The number of hydrogen-bond acceptors (Lipinski definition) is 4. The molecule has 1 N–H and O–H groups in total. The number of methoxy groups -OCH3 is 1. The summed E-state index contributed by atoms with van der Waals surface area (Å²) in [6, 6.07) is 7.12. The molecule has 0 fully saturated rings. The Morgan fingerprint density at radius 2 is 2.00 bits per heavy atom. The van der Waals surface area contributed by atoms with E-state index in [-0.39, 0.29) is 22.6 Å². The number of hydrogen-bond donors (Lipinski definition) is 1. The number of ether oxygens (including phenoxy) is 1. The molecule has 0 atom stereocenters. The maximum Gasteiger partial charge on any atom is 0.336 e. The fraction of sp³-hybridized carbons (Fsp3) is 0.0714. The molecule has 0 aliphatic carbocycles. The zero-order valence-corrected chi connectivity index (χ0v) is 10.9. The largest absolute Gasteiger partial charge is 0.494 e. The van der Waals surface area contributed by atoms with Crippen LogP contribution >= 0.6 is 0 Å². The summed E-state index contributed by atoms with van der Waals surface area (Å²) in [5.41, 5.74) is 0.0666. The van der Waals surface area contributed by atoms with E-state index >= 15 is 0 Å². The predicted molar refractivity (Wildman–Crippen MR) is 72.0 cm³/mol. The molecule has 0 aliphatic heterocycles. The highest BCUT2D eigenvalue weighted by Crippen LogP contribution is 2.31. The van der Waals surface area contributed by atoms with Crippen LogP contribution in [-0.2, 0) is 0 Å². The number of carboxylic acids is 1. The van der Waals surface area contributed by atoms with Gasteiger partial charge in [0.15, 0.2) is 11.6 Å². The molecular formula is C14H10FNO5. The van der Waals surface area contributed by atoms with Crippen molar-refractivity contribution in [2.45, 2.75) is 0 Å². The zero-order chi connectivity index (χ0) is 15.6. The lowest BCUT2D eigenvalue weighted by atomic mass is 9.98. The lowest BCUT2D eigenvalue weighted by molar-refractivity contribution is -0.384. The van der Waals surface area contributed by atoms with Gasteiger partial charge in [-0.05, 0) is 23.8 Å². The summed E-state index contributed by atoms with van der Waals surface area (Å²) < 4.78 is 18.2. The first-order valence-electron chi connectivity index (χ1n) is 5.79. The molecule has 0 bridgehead atoms. The molecule has 2 aromatic rings. The molecule has 0 radical (unpaired) electrons. The highest BCUT2D eigenvalue weighted by atomic mass is 19.1. The van der Waals surface area contributed by atoms with Gasteiger partial charge in [0.1, 0.15) is 0 Å². The van der Waals surface area contributed by atoms with Crippen molar-refractivity contribution in [3.8, 4) is 16.9 Å². The van der Waals surface area contributed by atoms with Gasteiger partial charge in [-0.1, -0.05) is 6.07 Å². The third kappa shape index (κ3) is 2.81. The minimum Gasteiger partial charge on any atom is -0.494 e. The fourth-order valence-electron chi connectivity index (χ4n) is 1.90. The first-order valence-corrected chi connectivity index (χ1v) is 5.79. The van der Waals surface area contributed by atoms with Crippen LogP contribution < -0.4 is 4.74 Å². The molecule has 0 aliphatic rings. The second-order valence-electron chi connectivity index (χ2n) is 4.14. The molecule has 0 unspecified atom stereocenters. The van der Waals surface area contributed by atoms with E-state index in [2.05, 4.69) is 0 Å². The summed E-state index contributed by atoms with van der Waals surface area (Å²) in [6.07, 6.45) is 0. The number of rotatable bonds is 4. The summed E-state index contributed by atoms with van der Waals surface area (Å²) in [4.78, 5) is 21.4. The van der Waals surface area contributed by atoms with E-state index in [1.807, 2.05) is 0 Å². The summed E-state index contributed by atoms with van der Waals surface area (Å²) in [5.74, 6) is -1.91. The van der Waals surface area contributed by atoms with Crippen molar-refractivity contribution < 1.29 is 24.0 Å². The van der Waals surface area contributed by atoms with Crippen LogP contribution in [0.3, 0.4) is 0 Å². The number of non-ortho nitro benzene ring substituents is 1. The lowest BCUT2D eigenvalue weighted by Gasteiger charge is -2.09. The van der Waals surface area contributed by atoms with Crippen LogP contribution in [0.2, 0.25) is 0 Å². The predicted octanol–water partition coefficient (Wildman–Crippen LogP) is 3.11. The van der Waals surface area contributed by atoms with Crippen molar-refractivity contribution in [3.63, 3.8) is 0 Å². The molecule has 108 valence electrons. The molecule has 0 amide bonds. The normalized spacial score (nSPS) is 10.2. The maximum absolute atomic E-state index is 13.4. The van der Waals surface area contributed by atoms with Crippen LogP contribution in [0.25, 0.3) is 11.1 Å². The number of carbonyl (C=O) groups is 1. The Morgan fingerprint density at radius 1 is 1.29 bits per heavy atom. The highest BCUT2D eigenvalue weighted by Gasteiger charge is 2.17. The number of nitro benzene ring substituents is 1. The van der Waals surface area contributed by atoms with Gasteiger partial charge >= 0.3 is 5.97 Å². The SMILES string of the molecule is COc1cc(-c2cc([N+](=O)[O-])ccc2C(=O)O)ccc1F. The smallest absolute Gasteiger partial charge is 0.336 e. The van der Waals surface area contributed by atoms with E-state index in [0.717, 1.165) is 24.3 Å². The molecule has 7 heteroatoms. The van der Waals surface area contributed by atoms with Gasteiger partial charge in [0.2, 0.25) is 0 Å². The van der Waals surface area contributed by atoms with Crippen LogP contribution in [0.15, 0.2) is 36.4 Å². The first kappa shape index (κ1) is 14.4. The molecular weight excluding hydrogens is 281 g/mol. The molecule has 0 aromatic heterocycles. The quantitative estimate of drug-likeness (QED) is 0.690. The molecule has 0 saturated carbocycles. The van der Waals surface area contributed by atoms with E-state index in [1.165, 1.54) is 19.2 Å². The number of nitrogens with zero attached hydrogens (tertiary/aromatic N) is 1.